The van der Waals surface area contributed by atoms with Gasteiger partial charge in [0.15, 0.2) is 5.43 Å². The van der Waals surface area contributed by atoms with Gasteiger partial charge in [-0.1, -0.05) is 19.9 Å². The molecule has 0 radical (unpaired) electrons. The number of aromatic nitrogens is 1. The molecule has 1 unspecified atom stereocenters. The van der Waals surface area contributed by atoms with Crippen molar-refractivity contribution >= 4 is 17.7 Å². The van der Waals surface area contributed by atoms with Gasteiger partial charge >= 0.3 is 5.97 Å². The van der Waals surface area contributed by atoms with Crippen LogP contribution in [0.2, 0.25) is 0 Å². The molecule has 5 N–H and O–H groups in total. The van der Waals surface area contributed by atoms with Gasteiger partial charge in [0.25, 0.3) is 0 Å². The number of carbonyl (C=O) groups is 1. The summed E-state index contributed by atoms with van der Waals surface area (Å²) in [6.07, 6.45) is 1.03. The lowest BCUT2D eigenvalue weighted by Gasteiger charge is -2.21. The topological polar surface area (TPSA) is 116 Å². The number of hydrogen-bond donors (Lipinski definition) is 4. The fourth-order valence-electron chi connectivity index (χ4n) is 2.64. The number of pyridine rings is 1. The standard InChI is InChI=1S/C17H17NO3S.C2H7NO/c1-3-9(2)10-4-5-15-11(6-10)16-12(8-22-15)14(19)7-13(18-16)17(20)21;3-1-2-4/h4-7,9H,3,8H2,1-2H3,(H,18,19)(H,20,21);4H,1-3H2. The summed E-state index contributed by atoms with van der Waals surface area (Å²) >= 11 is 1.62. The minimum Gasteiger partial charge on any atom is -0.477 e. The van der Waals surface area contributed by atoms with Gasteiger partial charge in [-0.25, -0.2) is 4.79 Å². The third-order valence-corrected chi connectivity index (χ3v) is 5.42. The maximum Gasteiger partial charge on any atom is 0.352 e. The Kier molecular flexibility index (Phi) is 7.02. The average Bonchev–Trinajstić information content (AvgIpc) is 2.66. The maximum atomic E-state index is 12.2. The monoisotopic (exact) mass is 376 g/mol. The normalized spacial score (nSPS) is 13.1. The molecule has 2 aromatic rings. The van der Waals surface area contributed by atoms with Crippen molar-refractivity contribution in [3.8, 4) is 11.3 Å². The molecule has 0 saturated heterocycles. The van der Waals surface area contributed by atoms with Crippen molar-refractivity contribution in [2.45, 2.75) is 36.8 Å². The highest BCUT2D eigenvalue weighted by Crippen LogP contribution is 2.40. The van der Waals surface area contributed by atoms with Gasteiger partial charge in [0, 0.05) is 34.4 Å². The largest absolute Gasteiger partial charge is 0.477 e. The first-order valence-corrected chi connectivity index (χ1v) is 9.49. The minimum absolute atomic E-state index is 0.0597. The Labute approximate surface area is 156 Å². The van der Waals surface area contributed by atoms with E-state index < -0.39 is 5.97 Å². The van der Waals surface area contributed by atoms with E-state index in [2.05, 4.69) is 37.0 Å². The van der Waals surface area contributed by atoms with Crippen LogP contribution in [0.15, 0.2) is 34.0 Å². The second kappa shape index (κ2) is 9.02. The van der Waals surface area contributed by atoms with Crippen molar-refractivity contribution in [2.24, 2.45) is 5.73 Å². The Hall–Kier alpha value is -2.09. The number of carboxylic acids is 1. The van der Waals surface area contributed by atoms with Gasteiger partial charge in [-0.3, -0.25) is 4.79 Å². The van der Waals surface area contributed by atoms with E-state index in [1.54, 1.807) is 11.8 Å². The number of aliphatic hydroxyl groups excluding tert-OH is 1. The average molecular weight is 376 g/mol. The maximum absolute atomic E-state index is 12.2. The van der Waals surface area contributed by atoms with Crippen LogP contribution in [0.1, 0.15) is 47.8 Å². The van der Waals surface area contributed by atoms with Crippen LogP contribution in [0.3, 0.4) is 0 Å². The van der Waals surface area contributed by atoms with Crippen molar-refractivity contribution in [2.75, 3.05) is 13.2 Å². The van der Waals surface area contributed by atoms with Crippen molar-refractivity contribution < 1.29 is 15.0 Å². The van der Waals surface area contributed by atoms with Gasteiger partial charge in [0.2, 0.25) is 0 Å². The quantitative estimate of drug-likeness (QED) is 0.652. The lowest BCUT2D eigenvalue weighted by atomic mass is 9.94. The van der Waals surface area contributed by atoms with Gasteiger partial charge < -0.3 is 20.9 Å². The van der Waals surface area contributed by atoms with Crippen LogP contribution in [0, 0.1) is 0 Å². The molecule has 1 aromatic carbocycles. The zero-order chi connectivity index (χ0) is 19.3. The second-order valence-electron chi connectivity index (χ2n) is 6.07. The van der Waals surface area contributed by atoms with Gasteiger partial charge in [-0.2, -0.15) is 0 Å². The molecule has 26 heavy (non-hydrogen) atoms. The molecule has 1 atom stereocenters. The molecule has 7 heteroatoms. The third-order valence-electron chi connectivity index (χ3n) is 4.32. The predicted octanol–water partition coefficient (Wildman–Crippen LogP) is 2.80. The predicted molar refractivity (Wildman–Crippen MR) is 104 cm³/mol. The highest BCUT2D eigenvalue weighted by molar-refractivity contribution is 7.98. The van der Waals surface area contributed by atoms with Crippen LogP contribution >= 0.6 is 11.8 Å². The molecule has 0 spiro atoms. The van der Waals surface area contributed by atoms with E-state index in [0.29, 0.717) is 29.5 Å². The van der Waals surface area contributed by atoms with Crippen LogP contribution in [0.25, 0.3) is 11.3 Å². The van der Waals surface area contributed by atoms with E-state index in [1.807, 2.05) is 0 Å². The van der Waals surface area contributed by atoms with Crippen LogP contribution in [0.5, 0.6) is 0 Å². The SMILES string of the molecule is CCC(C)c1ccc2c(c1)-c1[nH]c(C(=O)O)cc(=O)c1CS2.NCCO. The van der Waals surface area contributed by atoms with Gasteiger partial charge in [0.05, 0.1) is 12.3 Å². The van der Waals surface area contributed by atoms with E-state index in [1.165, 1.54) is 11.6 Å². The summed E-state index contributed by atoms with van der Waals surface area (Å²) in [6, 6.07) is 7.43. The Bertz CT molecular complexity index is 846. The van der Waals surface area contributed by atoms with Crippen molar-refractivity contribution in [1.82, 2.24) is 4.98 Å². The molecule has 3 rings (SSSR count). The van der Waals surface area contributed by atoms with Gasteiger partial charge in [0.1, 0.15) is 5.69 Å². The first-order chi connectivity index (χ1) is 12.4. The summed E-state index contributed by atoms with van der Waals surface area (Å²) < 4.78 is 0. The third kappa shape index (κ3) is 4.35. The van der Waals surface area contributed by atoms with Crippen molar-refractivity contribution in [1.29, 1.82) is 0 Å². The zero-order valence-electron chi connectivity index (χ0n) is 14.9. The number of benzene rings is 1. The summed E-state index contributed by atoms with van der Waals surface area (Å²) in [5.74, 6) is -0.118. The Morgan fingerprint density at radius 1 is 1.38 bits per heavy atom. The number of rotatable bonds is 4. The molecule has 0 aliphatic carbocycles. The smallest absolute Gasteiger partial charge is 0.352 e. The molecule has 1 aliphatic heterocycles. The highest BCUT2D eigenvalue weighted by Gasteiger charge is 2.22. The Morgan fingerprint density at radius 2 is 2.08 bits per heavy atom. The zero-order valence-corrected chi connectivity index (χ0v) is 15.7. The molecule has 0 fully saturated rings. The second-order valence-corrected chi connectivity index (χ2v) is 7.09. The summed E-state index contributed by atoms with van der Waals surface area (Å²) in [7, 11) is 0. The van der Waals surface area contributed by atoms with Crippen LogP contribution < -0.4 is 11.2 Å². The molecule has 0 saturated carbocycles. The number of aliphatic hydroxyl groups is 1. The fourth-order valence-corrected chi connectivity index (χ4v) is 3.70. The molecule has 2 heterocycles. The molecule has 0 bridgehead atoms. The van der Waals surface area contributed by atoms with Crippen molar-refractivity contribution in [3.05, 3.63) is 51.3 Å². The number of hydrogen-bond acceptors (Lipinski definition) is 5. The van der Waals surface area contributed by atoms with E-state index in [9.17, 15) is 9.59 Å². The molecule has 1 aliphatic rings. The Balaban J connectivity index is 0.000000552. The van der Waals surface area contributed by atoms with Crippen molar-refractivity contribution in [3.63, 3.8) is 0 Å². The lowest BCUT2D eigenvalue weighted by Crippen LogP contribution is -2.17. The molecule has 0 amide bonds. The summed E-state index contributed by atoms with van der Waals surface area (Å²) in [6.45, 7) is 4.77. The number of aromatic carboxylic acids is 1. The summed E-state index contributed by atoms with van der Waals surface area (Å²) in [5.41, 5.74) is 7.96. The van der Waals surface area contributed by atoms with E-state index in [0.717, 1.165) is 16.9 Å². The first-order valence-electron chi connectivity index (χ1n) is 8.50. The molecular formula is C19H24N2O4S. The minimum atomic E-state index is -1.11. The first kappa shape index (κ1) is 20.2. The summed E-state index contributed by atoms with van der Waals surface area (Å²) in [5, 5.41) is 16.9. The van der Waals surface area contributed by atoms with Gasteiger partial charge in [-0.15, -0.1) is 11.8 Å². The van der Waals surface area contributed by atoms with E-state index in [4.69, 9.17) is 15.9 Å². The number of fused-ring (bicyclic) bond motifs is 3. The van der Waals surface area contributed by atoms with E-state index >= 15 is 0 Å². The molecular weight excluding hydrogens is 352 g/mol. The highest BCUT2D eigenvalue weighted by atomic mass is 32.2. The lowest BCUT2D eigenvalue weighted by molar-refractivity contribution is 0.0690. The van der Waals surface area contributed by atoms with Gasteiger partial charge in [-0.05, 0) is 30.0 Å². The van der Waals surface area contributed by atoms with Crippen LogP contribution in [-0.2, 0) is 5.75 Å². The number of nitrogens with two attached hydrogens (primary N) is 1. The van der Waals surface area contributed by atoms with E-state index in [-0.39, 0.29) is 17.7 Å². The number of H-pyrrole nitrogens is 1. The van der Waals surface area contributed by atoms with Crippen LogP contribution in [0.4, 0.5) is 0 Å². The molecule has 6 nitrogen and oxygen atoms in total. The number of aromatic amines is 1. The van der Waals surface area contributed by atoms with Crippen LogP contribution in [-0.4, -0.2) is 34.3 Å². The number of thioether (sulfide) groups is 1. The molecule has 1 aromatic heterocycles. The number of carboxylic acid groups (broad SMARTS) is 1. The summed E-state index contributed by atoms with van der Waals surface area (Å²) in [4.78, 5) is 27.4. The fraction of sp³-hybridized carbons (Fsp3) is 0.368. The Morgan fingerprint density at radius 3 is 2.65 bits per heavy atom. The number of nitrogens with one attached hydrogen (secondary N) is 1. The molecule has 140 valence electrons.